The highest BCUT2D eigenvalue weighted by Gasteiger charge is 2.13. The van der Waals surface area contributed by atoms with E-state index >= 15 is 0 Å². The van der Waals surface area contributed by atoms with E-state index in [1.807, 2.05) is 13.8 Å². The van der Waals surface area contributed by atoms with Crippen molar-refractivity contribution in [2.45, 2.75) is 20.3 Å². The van der Waals surface area contributed by atoms with E-state index in [4.69, 9.17) is 9.29 Å². The molecule has 0 aliphatic rings. The summed E-state index contributed by atoms with van der Waals surface area (Å²) in [6.07, 6.45) is 0.850. The van der Waals surface area contributed by atoms with Crippen LogP contribution in [0.15, 0.2) is 0 Å². The van der Waals surface area contributed by atoms with Gasteiger partial charge < -0.3 is 13.4 Å². The summed E-state index contributed by atoms with van der Waals surface area (Å²) < 4.78 is 35.2. The van der Waals surface area contributed by atoms with Crippen molar-refractivity contribution in [1.82, 2.24) is 0 Å². The van der Waals surface area contributed by atoms with Gasteiger partial charge in [0.15, 0.2) is 0 Å². The third-order valence-corrected chi connectivity index (χ3v) is 2.47. The van der Waals surface area contributed by atoms with Crippen LogP contribution < -0.4 is 0 Å². The van der Waals surface area contributed by atoms with E-state index in [2.05, 4.69) is 32.4 Å². The molecule has 1 unspecified atom stereocenters. The Kier molecular flexibility index (Phi) is 10.0. The summed E-state index contributed by atoms with van der Waals surface area (Å²) in [6.45, 7) is 5.27. The Morgan fingerprint density at radius 3 is 2.05 bits per heavy atom. The fourth-order valence-electron chi connectivity index (χ4n) is 0.729. The summed E-state index contributed by atoms with van der Waals surface area (Å²) in [5.41, 5.74) is 0. The summed E-state index contributed by atoms with van der Waals surface area (Å²) in [7, 11) is 4.39. The fraction of sp³-hybridized carbons (Fsp3) is 0.818. The summed E-state index contributed by atoms with van der Waals surface area (Å²) in [5, 5.41) is 0. The molecule has 0 heterocycles. The number of hydrogen-bond acceptors (Lipinski definition) is 5. The quantitative estimate of drug-likeness (QED) is 0.339. The fourth-order valence-corrected chi connectivity index (χ4v) is 0.729. The van der Waals surface area contributed by atoms with E-state index in [1.54, 1.807) is 0 Å². The molecule has 0 aliphatic heterocycles. The molecule has 0 aliphatic carbocycles. The largest absolute Gasteiger partial charge is 0.459 e. The van der Waals surface area contributed by atoms with E-state index in [-0.39, 0.29) is 11.9 Å². The van der Waals surface area contributed by atoms with Crippen molar-refractivity contribution >= 4 is 16.4 Å². The van der Waals surface area contributed by atoms with Gasteiger partial charge in [-0.05, 0) is 6.42 Å². The first-order chi connectivity index (χ1) is 8.43. The molecule has 0 saturated carbocycles. The van der Waals surface area contributed by atoms with E-state index in [0.29, 0.717) is 6.61 Å². The molecule has 0 rings (SSSR count). The first-order valence-electron chi connectivity index (χ1n) is 5.81. The third kappa shape index (κ3) is 17.3. The van der Waals surface area contributed by atoms with Gasteiger partial charge in [0.1, 0.15) is 13.2 Å². The SMILES string of the molecule is CCC(C)C(=O)OCC[N+](C)(C)C.[CH2-]OS(=O)(=O)O. The summed E-state index contributed by atoms with van der Waals surface area (Å²) in [4.78, 5) is 11.2. The average Bonchev–Trinajstić information content (AvgIpc) is 2.26. The molecule has 0 radical (unpaired) electrons. The minimum atomic E-state index is -4.27. The van der Waals surface area contributed by atoms with Gasteiger partial charge in [0.2, 0.25) is 0 Å². The first kappa shape index (κ1) is 20.6. The topological polar surface area (TPSA) is 89.9 Å². The highest BCUT2D eigenvalue weighted by Crippen LogP contribution is 2.03. The molecule has 0 fully saturated rings. The van der Waals surface area contributed by atoms with Gasteiger partial charge in [-0.1, -0.05) is 13.8 Å². The average molecular weight is 299 g/mol. The molecule has 1 N–H and O–H groups in total. The lowest BCUT2D eigenvalue weighted by Crippen LogP contribution is -2.38. The van der Waals surface area contributed by atoms with E-state index < -0.39 is 10.4 Å². The smallest absolute Gasteiger partial charge is 0.367 e. The van der Waals surface area contributed by atoms with Crippen LogP contribution in [0, 0.1) is 13.0 Å². The molecule has 0 amide bonds. The van der Waals surface area contributed by atoms with Crippen molar-refractivity contribution in [3.05, 3.63) is 7.11 Å². The molecule has 0 saturated heterocycles. The van der Waals surface area contributed by atoms with Gasteiger partial charge in [0, 0.05) is 0 Å². The Bertz CT molecular complexity index is 347. The Balaban J connectivity index is 0. The maximum absolute atomic E-state index is 11.2. The van der Waals surface area contributed by atoms with Crippen LogP contribution in [-0.2, 0) is 24.1 Å². The third-order valence-electron chi connectivity index (χ3n) is 2.17. The van der Waals surface area contributed by atoms with E-state index in [0.717, 1.165) is 17.4 Å². The zero-order valence-electron chi connectivity index (χ0n) is 12.2. The number of nitrogens with zero attached hydrogens (tertiary/aromatic N) is 1. The highest BCUT2D eigenvalue weighted by molar-refractivity contribution is 7.80. The van der Waals surface area contributed by atoms with Crippen LogP contribution in [0.4, 0.5) is 0 Å². The molecular formula is C11H25NO6S. The van der Waals surface area contributed by atoms with E-state index in [9.17, 15) is 13.2 Å². The Morgan fingerprint density at radius 2 is 1.79 bits per heavy atom. The minimum Gasteiger partial charge on any atom is -0.459 e. The molecule has 0 bridgehead atoms. The summed E-state index contributed by atoms with van der Waals surface area (Å²) in [5.74, 6) is -0.0385. The molecule has 0 spiro atoms. The molecule has 1 atom stereocenters. The van der Waals surface area contributed by atoms with Crippen molar-refractivity contribution in [2.24, 2.45) is 5.92 Å². The molecule has 19 heavy (non-hydrogen) atoms. The van der Waals surface area contributed by atoms with Crippen LogP contribution in [0.25, 0.3) is 0 Å². The van der Waals surface area contributed by atoms with Gasteiger partial charge in [-0.3, -0.25) is 9.35 Å². The van der Waals surface area contributed by atoms with Gasteiger partial charge in [-0.15, -0.1) is 0 Å². The van der Waals surface area contributed by atoms with Gasteiger partial charge in [-0.25, -0.2) is 7.11 Å². The van der Waals surface area contributed by atoms with Crippen LogP contribution >= 0.6 is 0 Å². The second kappa shape index (κ2) is 9.24. The number of rotatable bonds is 6. The molecule has 0 aromatic rings. The monoisotopic (exact) mass is 299 g/mol. The first-order valence-corrected chi connectivity index (χ1v) is 7.17. The van der Waals surface area contributed by atoms with Crippen molar-refractivity contribution in [1.29, 1.82) is 0 Å². The van der Waals surface area contributed by atoms with Crippen LogP contribution in [0.5, 0.6) is 0 Å². The lowest BCUT2D eigenvalue weighted by Gasteiger charge is -2.23. The molecule has 0 aromatic carbocycles. The minimum absolute atomic E-state index is 0.0347. The van der Waals surface area contributed by atoms with E-state index in [1.165, 1.54) is 0 Å². The predicted octanol–water partition coefficient (Wildman–Crippen LogP) is 0.879. The van der Waals surface area contributed by atoms with Gasteiger partial charge in [0.25, 0.3) is 0 Å². The molecule has 7 nitrogen and oxygen atoms in total. The second-order valence-electron chi connectivity index (χ2n) is 5.04. The van der Waals surface area contributed by atoms with Gasteiger partial charge in [0.05, 0.1) is 27.1 Å². The number of carbonyl (C=O) groups is 1. The van der Waals surface area contributed by atoms with Crippen molar-refractivity contribution in [2.75, 3.05) is 34.3 Å². The maximum atomic E-state index is 11.2. The number of quaternary nitrogens is 1. The second-order valence-corrected chi connectivity index (χ2v) is 6.13. The number of carbonyl (C=O) groups excluding carboxylic acids is 1. The number of esters is 1. The number of likely N-dealkylation sites (N-methyl/N-ethyl adjacent to an activating group) is 1. The van der Waals surface area contributed by atoms with Crippen LogP contribution in [-0.4, -0.2) is 57.7 Å². The highest BCUT2D eigenvalue weighted by atomic mass is 32.3. The standard InChI is InChI=1S/C10H22NO2.CH3O4S/c1-6-9(2)10(12)13-8-7-11(3,4)5;1-5-6(2,3)4/h9H,6-8H2,1-5H3;1H2,(H,2,3,4)/q+1;-1. The van der Waals surface area contributed by atoms with Crippen molar-refractivity contribution < 1.29 is 31.2 Å². The predicted molar refractivity (Wildman–Crippen MR) is 71.3 cm³/mol. The molecule has 8 heteroatoms. The summed E-state index contributed by atoms with van der Waals surface area (Å²) in [6, 6.07) is 0. The number of hydrogen-bond donors (Lipinski definition) is 1. The normalized spacial score (nSPS) is 13.2. The molecule has 0 aromatic heterocycles. The van der Waals surface area contributed by atoms with Gasteiger partial charge in [-0.2, -0.15) is 8.42 Å². The lowest BCUT2D eigenvalue weighted by molar-refractivity contribution is -0.870. The zero-order valence-corrected chi connectivity index (χ0v) is 13.1. The summed E-state index contributed by atoms with van der Waals surface area (Å²) >= 11 is 0. The number of ether oxygens (including phenoxy) is 1. The Labute approximate surface area is 116 Å². The molecule has 116 valence electrons. The van der Waals surface area contributed by atoms with Crippen molar-refractivity contribution in [3.8, 4) is 0 Å². The van der Waals surface area contributed by atoms with Crippen LogP contribution in [0.2, 0.25) is 0 Å². The Morgan fingerprint density at radius 1 is 1.37 bits per heavy atom. The van der Waals surface area contributed by atoms with Crippen molar-refractivity contribution in [3.63, 3.8) is 0 Å². The Hall–Kier alpha value is -0.700. The zero-order chi connectivity index (χ0) is 15.7. The van der Waals surface area contributed by atoms with Gasteiger partial charge >= 0.3 is 16.4 Å². The van der Waals surface area contributed by atoms with Crippen LogP contribution in [0.3, 0.4) is 0 Å². The lowest BCUT2D eigenvalue weighted by atomic mass is 10.1. The maximum Gasteiger partial charge on any atom is 0.367 e. The molecular weight excluding hydrogens is 274 g/mol. The van der Waals surface area contributed by atoms with Crippen LogP contribution in [0.1, 0.15) is 20.3 Å².